The summed E-state index contributed by atoms with van der Waals surface area (Å²) in [5, 5.41) is 17.7. The number of nitriles is 2. The van der Waals surface area contributed by atoms with E-state index in [4.69, 9.17) is 24.7 Å². The number of carbonyl (C=O) groups is 1. The first-order valence-electron chi connectivity index (χ1n) is 7.39. The molecular weight excluding hydrogens is 365 g/mol. The Morgan fingerprint density at radius 3 is 2.26 bits per heavy atom. The molecule has 0 saturated heterocycles. The number of hydrogen-bond donors (Lipinski definition) is 0. The van der Waals surface area contributed by atoms with Gasteiger partial charge in [-0.3, -0.25) is 0 Å². The molecule has 2 rings (SSSR count). The molecular formula is C18H11F3N2O4. The summed E-state index contributed by atoms with van der Waals surface area (Å²) in [6, 6.07) is 7.85. The highest BCUT2D eigenvalue weighted by molar-refractivity contribution is 5.92. The summed E-state index contributed by atoms with van der Waals surface area (Å²) in [6.45, 7) is 0.0564. The molecule has 0 aliphatic carbocycles. The van der Waals surface area contributed by atoms with Gasteiger partial charge in [0.15, 0.2) is 11.6 Å². The Kier molecular flexibility index (Phi) is 6.36. The highest BCUT2D eigenvalue weighted by atomic mass is 19.2. The van der Waals surface area contributed by atoms with Crippen LogP contribution in [-0.2, 0) is 9.47 Å². The maximum absolute atomic E-state index is 14.4. The molecule has 0 fully saturated rings. The zero-order valence-corrected chi connectivity index (χ0v) is 13.9. The molecule has 0 unspecified atom stereocenters. The van der Waals surface area contributed by atoms with Crippen LogP contribution in [-0.4, -0.2) is 26.3 Å². The first kappa shape index (κ1) is 19.8. The molecule has 2 aromatic carbocycles. The number of esters is 1. The van der Waals surface area contributed by atoms with Crippen molar-refractivity contribution in [3.05, 3.63) is 58.4 Å². The van der Waals surface area contributed by atoms with Crippen LogP contribution >= 0.6 is 0 Å². The van der Waals surface area contributed by atoms with Gasteiger partial charge in [-0.2, -0.15) is 14.9 Å². The molecule has 0 radical (unpaired) electrons. The number of ether oxygens (including phenoxy) is 3. The van der Waals surface area contributed by atoms with Crippen LogP contribution in [0.15, 0.2) is 24.3 Å². The number of hydrogen-bond acceptors (Lipinski definition) is 6. The second-order valence-corrected chi connectivity index (χ2v) is 4.97. The summed E-state index contributed by atoms with van der Waals surface area (Å²) < 4.78 is 57.2. The summed E-state index contributed by atoms with van der Waals surface area (Å²) >= 11 is 0. The third-order valence-electron chi connectivity index (χ3n) is 3.34. The van der Waals surface area contributed by atoms with Crippen LogP contribution in [0.3, 0.4) is 0 Å². The first-order chi connectivity index (χ1) is 13.0. The number of nitrogens with zero attached hydrogens (tertiary/aromatic N) is 2. The van der Waals surface area contributed by atoms with E-state index in [9.17, 15) is 18.0 Å². The van der Waals surface area contributed by atoms with E-state index in [1.54, 1.807) is 0 Å². The summed E-state index contributed by atoms with van der Waals surface area (Å²) in [6.07, 6.45) is 0. The molecule has 0 saturated carbocycles. The normalized spacial score (nSPS) is 10.0. The number of para-hydroxylation sites is 1. The van der Waals surface area contributed by atoms with E-state index in [1.807, 2.05) is 0 Å². The highest BCUT2D eigenvalue weighted by Crippen LogP contribution is 2.35. The van der Waals surface area contributed by atoms with Gasteiger partial charge in [0.2, 0.25) is 11.6 Å². The van der Waals surface area contributed by atoms with Crippen molar-refractivity contribution in [2.45, 2.75) is 0 Å². The quantitative estimate of drug-likeness (QED) is 0.436. The Morgan fingerprint density at radius 2 is 1.63 bits per heavy atom. The van der Waals surface area contributed by atoms with Crippen LogP contribution in [0.2, 0.25) is 0 Å². The predicted octanol–water partition coefficient (Wildman–Crippen LogP) is 3.44. The van der Waals surface area contributed by atoms with Crippen molar-refractivity contribution in [2.75, 3.05) is 20.3 Å². The number of methoxy groups -OCH3 is 1. The first-order valence-corrected chi connectivity index (χ1v) is 7.39. The standard InChI is InChI=1S/C18H11F3N2O4/c1-25-6-7-26-18(24)10-4-2-3-5-13(10)27-17-15(20)12(9-23)11(8-22)14(19)16(17)21/h2-5H,6-7H2,1H3. The van der Waals surface area contributed by atoms with E-state index >= 15 is 0 Å². The topological polar surface area (TPSA) is 92.3 Å². The Labute approximate surface area is 151 Å². The van der Waals surface area contributed by atoms with Crippen molar-refractivity contribution >= 4 is 5.97 Å². The molecule has 0 amide bonds. The van der Waals surface area contributed by atoms with Gasteiger partial charge in [0, 0.05) is 7.11 Å². The molecule has 6 nitrogen and oxygen atoms in total. The van der Waals surface area contributed by atoms with E-state index in [2.05, 4.69) is 0 Å². The van der Waals surface area contributed by atoms with Crippen molar-refractivity contribution < 1.29 is 32.2 Å². The molecule has 0 aliphatic heterocycles. The maximum atomic E-state index is 14.4. The second kappa shape index (κ2) is 8.70. The zero-order chi connectivity index (χ0) is 20.0. The van der Waals surface area contributed by atoms with E-state index in [0.717, 1.165) is 0 Å². The van der Waals surface area contributed by atoms with Crippen LogP contribution < -0.4 is 4.74 Å². The van der Waals surface area contributed by atoms with Crippen LogP contribution in [0, 0.1) is 40.1 Å². The lowest BCUT2D eigenvalue weighted by Gasteiger charge is -2.13. The lowest BCUT2D eigenvalue weighted by atomic mass is 10.1. The number of rotatable bonds is 6. The third-order valence-corrected chi connectivity index (χ3v) is 3.34. The number of halogens is 3. The fourth-order valence-electron chi connectivity index (χ4n) is 2.07. The van der Waals surface area contributed by atoms with Crippen LogP contribution in [0.25, 0.3) is 0 Å². The Balaban J connectivity index is 2.48. The van der Waals surface area contributed by atoms with Crippen molar-refractivity contribution in [2.24, 2.45) is 0 Å². The van der Waals surface area contributed by atoms with Gasteiger partial charge < -0.3 is 14.2 Å². The monoisotopic (exact) mass is 376 g/mol. The third kappa shape index (κ3) is 4.00. The van der Waals surface area contributed by atoms with Gasteiger partial charge >= 0.3 is 5.97 Å². The van der Waals surface area contributed by atoms with E-state index in [-0.39, 0.29) is 24.5 Å². The summed E-state index contributed by atoms with van der Waals surface area (Å²) in [4.78, 5) is 12.1. The van der Waals surface area contributed by atoms with Crippen LogP contribution in [0.1, 0.15) is 21.5 Å². The lowest BCUT2D eigenvalue weighted by molar-refractivity contribution is 0.0385. The smallest absolute Gasteiger partial charge is 0.342 e. The van der Waals surface area contributed by atoms with Crippen molar-refractivity contribution in [3.8, 4) is 23.6 Å². The molecule has 138 valence electrons. The molecule has 0 atom stereocenters. The fraction of sp³-hybridized carbons (Fsp3) is 0.167. The van der Waals surface area contributed by atoms with Crippen LogP contribution in [0.5, 0.6) is 11.5 Å². The van der Waals surface area contributed by atoms with Gasteiger partial charge in [0.1, 0.15) is 41.2 Å². The molecule has 0 aliphatic rings. The fourth-order valence-corrected chi connectivity index (χ4v) is 2.07. The molecule has 0 N–H and O–H groups in total. The molecule has 2 aromatic rings. The van der Waals surface area contributed by atoms with E-state index in [0.29, 0.717) is 0 Å². The summed E-state index contributed by atoms with van der Waals surface area (Å²) in [5.41, 5.74) is -2.27. The van der Waals surface area contributed by atoms with Gasteiger partial charge in [-0.1, -0.05) is 12.1 Å². The average molecular weight is 376 g/mol. The van der Waals surface area contributed by atoms with Gasteiger partial charge in [0.05, 0.1) is 6.61 Å². The van der Waals surface area contributed by atoms with Crippen molar-refractivity contribution in [1.29, 1.82) is 10.5 Å². The Bertz CT molecular complexity index is 965. The average Bonchev–Trinajstić information content (AvgIpc) is 2.68. The maximum Gasteiger partial charge on any atom is 0.342 e. The summed E-state index contributed by atoms with van der Waals surface area (Å²) in [7, 11) is 1.41. The van der Waals surface area contributed by atoms with Gasteiger partial charge in [-0.05, 0) is 12.1 Å². The van der Waals surface area contributed by atoms with E-state index < -0.39 is 40.3 Å². The molecule has 27 heavy (non-hydrogen) atoms. The molecule has 9 heteroatoms. The van der Waals surface area contributed by atoms with Gasteiger partial charge in [-0.15, -0.1) is 0 Å². The zero-order valence-electron chi connectivity index (χ0n) is 13.9. The van der Waals surface area contributed by atoms with Crippen molar-refractivity contribution in [1.82, 2.24) is 0 Å². The Morgan fingerprint density at radius 1 is 1.00 bits per heavy atom. The predicted molar refractivity (Wildman–Crippen MR) is 84.4 cm³/mol. The molecule has 0 heterocycles. The number of benzene rings is 2. The van der Waals surface area contributed by atoms with Crippen LogP contribution in [0.4, 0.5) is 13.2 Å². The number of carbonyl (C=O) groups excluding carboxylic acids is 1. The van der Waals surface area contributed by atoms with E-state index in [1.165, 1.54) is 43.5 Å². The molecule has 0 spiro atoms. The lowest BCUT2D eigenvalue weighted by Crippen LogP contribution is -2.11. The second-order valence-electron chi connectivity index (χ2n) is 4.97. The van der Waals surface area contributed by atoms with Gasteiger partial charge in [-0.25, -0.2) is 13.6 Å². The molecule has 0 aromatic heterocycles. The van der Waals surface area contributed by atoms with Crippen molar-refractivity contribution in [3.63, 3.8) is 0 Å². The molecule has 0 bridgehead atoms. The minimum atomic E-state index is -1.80. The minimum absolute atomic E-state index is 0.0730. The largest absolute Gasteiger partial charge is 0.460 e. The minimum Gasteiger partial charge on any atom is -0.460 e. The van der Waals surface area contributed by atoms with Gasteiger partial charge in [0.25, 0.3) is 0 Å². The SMILES string of the molecule is COCCOC(=O)c1ccccc1Oc1c(F)c(F)c(C#N)c(C#N)c1F. The summed E-state index contributed by atoms with van der Waals surface area (Å²) in [5.74, 6) is -7.53. The highest BCUT2D eigenvalue weighted by Gasteiger charge is 2.28. The Hall–Kier alpha value is -3.56.